The molecule has 166 valence electrons. The average molecular weight is 461 g/mol. The summed E-state index contributed by atoms with van der Waals surface area (Å²) in [7, 11) is 0. The van der Waals surface area contributed by atoms with Crippen molar-refractivity contribution >= 4 is 40.7 Å². The zero-order valence-corrected chi connectivity index (χ0v) is 18.3. The SMILES string of the molecule is Nc1nn2cccnc2c1C(=O)NCCC1=Cc2cccc(Cl)c2C(O)N1c1ccccc1. The summed E-state index contributed by atoms with van der Waals surface area (Å²) >= 11 is 6.40. The van der Waals surface area contributed by atoms with E-state index in [1.807, 2.05) is 53.4 Å². The number of amides is 1. The van der Waals surface area contributed by atoms with Crippen LogP contribution in [-0.2, 0) is 0 Å². The van der Waals surface area contributed by atoms with Crippen LogP contribution in [0.25, 0.3) is 11.7 Å². The lowest BCUT2D eigenvalue weighted by Gasteiger charge is -2.37. The average Bonchev–Trinajstić information content (AvgIpc) is 3.15. The number of aliphatic hydroxyl groups is 1. The number of fused-ring (bicyclic) bond motifs is 2. The summed E-state index contributed by atoms with van der Waals surface area (Å²) < 4.78 is 1.47. The van der Waals surface area contributed by atoms with Crippen LogP contribution in [0.2, 0.25) is 5.02 Å². The Morgan fingerprint density at radius 1 is 1.15 bits per heavy atom. The van der Waals surface area contributed by atoms with E-state index in [1.54, 1.807) is 24.5 Å². The predicted octanol–water partition coefficient (Wildman–Crippen LogP) is 3.64. The van der Waals surface area contributed by atoms with Gasteiger partial charge in [-0.25, -0.2) is 9.50 Å². The molecule has 9 heteroatoms. The lowest BCUT2D eigenvalue weighted by atomic mass is 9.97. The van der Waals surface area contributed by atoms with Crippen molar-refractivity contribution in [3.63, 3.8) is 0 Å². The number of nitrogens with one attached hydrogen (secondary N) is 1. The van der Waals surface area contributed by atoms with Crippen LogP contribution in [0.4, 0.5) is 11.5 Å². The van der Waals surface area contributed by atoms with Crippen molar-refractivity contribution in [1.82, 2.24) is 19.9 Å². The Balaban J connectivity index is 1.41. The minimum absolute atomic E-state index is 0.119. The lowest BCUT2D eigenvalue weighted by molar-refractivity contribution is 0.0956. The van der Waals surface area contributed by atoms with E-state index in [4.69, 9.17) is 17.3 Å². The van der Waals surface area contributed by atoms with E-state index in [9.17, 15) is 9.90 Å². The van der Waals surface area contributed by atoms with Gasteiger partial charge in [0.05, 0.1) is 0 Å². The lowest BCUT2D eigenvalue weighted by Crippen LogP contribution is -2.34. The molecule has 0 radical (unpaired) electrons. The Kier molecular flexibility index (Phi) is 5.45. The van der Waals surface area contributed by atoms with Gasteiger partial charge in [-0.2, -0.15) is 0 Å². The fourth-order valence-electron chi connectivity index (χ4n) is 4.09. The zero-order valence-electron chi connectivity index (χ0n) is 17.5. The maximum Gasteiger partial charge on any atom is 0.258 e. The Labute approximate surface area is 194 Å². The van der Waals surface area contributed by atoms with Crippen molar-refractivity contribution < 1.29 is 9.90 Å². The van der Waals surface area contributed by atoms with Crippen LogP contribution in [0, 0.1) is 0 Å². The Morgan fingerprint density at radius 2 is 1.97 bits per heavy atom. The normalized spacial score (nSPS) is 15.3. The molecule has 4 aromatic rings. The van der Waals surface area contributed by atoms with Crippen LogP contribution in [0.5, 0.6) is 0 Å². The molecule has 0 saturated heterocycles. The largest absolute Gasteiger partial charge is 0.381 e. The number of halogens is 1. The fraction of sp³-hybridized carbons (Fsp3) is 0.125. The zero-order chi connectivity index (χ0) is 22.9. The smallest absolute Gasteiger partial charge is 0.258 e. The standard InChI is InChI=1S/C24H21ClN6O2/c25-18-9-4-6-15-14-17(31(24(33)19(15)18)16-7-2-1-3-8-16)10-12-28-23(32)20-21(26)29-30-13-5-11-27-22(20)30/h1-9,11,13-14,24,33H,10,12H2,(H2,26,29)(H,28,32). The summed E-state index contributed by atoms with van der Waals surface area (Å²) in [5, 5.41) is 18.8. The molecule has 0 bridgehead atoms. The third kappa shape index (κ3) is 3.79. The van der Waals surface area contributed by atoms with Crippen molar-refractivity contribution in [3.05, 3.63) is 94.4 Å². The highest BCUT2D eigenvalue weighted by Crippen LogP contribution is 2.40. The first-order chi connectivity index (χ1) is 16.0. The van der Waals surface area contributed by atoms with Crippen LogP contribution in [0.3, 0.4) is 0 Å². The third-order valence-corrected chi connectivity index (χ3v) is 5.90. The van der Waals surface area contributed by atoms with Crippen LogP contribution in [-0.4, -0.2) is 32.2 Å². The number of aliphatic hydroxyl groups excluding tert-OH is 1. The molecule has 8 nitrogen and oxygen atoms in total. The maximum atomic E-state index is 12.9. The van der Waals surface area contributed by atoms with Gasteiger partial charge in [-0.15, -0.1) is 5.10 Å². The topological polar surface area (TPSA) is 109 Å². The first-order valence-electron chi connectivity index (χ1n) is 10.4. The Morgan fingerprint density at radius 3 is 2.79 bits per heavy atom. The van der Waals surface area contributed by atoms with Gasteiger partial charge in [0.25, 0.3) is 5.91 Å². The summed E-state index contributed by atoms with van der Waals surface area (Å²) in [5.74, 6) is -0.235. The molecule has 1 amide bonds. The molecule has 2 aromatic carbocycles. The number of benzene rings is 2. The summed E-state index contributed by atoms with van der Waals surface area (Å²) in [6.45, 7) is 0.320. The summed E-state index contributed by atoms with van der Waals surface area (Å²) in [6.07, 6.45) is 4.77. The van der Waals surface area contributed by atoms with E-state index >= 15 is 0 Å². The second kappa shape index (κ2) is 8.57. The quantitative estimate of drug-likeness (QED) is 0.419. The van der Waals surface area contributed by atoms with Gasteiger partial charge in [0, 0.05) is 47.3 Å². The van der Waals surface area contributed by atoms with E-state index in [0.717, 1.165) is 16.9 Å². The van der Waals surface area contributed by atoms with Crippen molar-refractivity contribution in [2.24, 2.45) is 0 Å². The number of aromatic nitrogens is 3. The minimum atomic E-state index is -0.953. The van der Waals surface area contributed by atoms with E-state index in [2.05, 4.69) is 15.4 Å². The van der Waals surface area contributed by atoms with E-state index < -0.39 is 6.23 Å². The summed E-state index contributed by atoms with van der Waals surface area (Å²) in [4.78, 5) is 18.9. The molecule has 3 heterocycles. The number of nitrogens with two attached hydrogens (primary N) is 1. The Bertz CT molecular complexity index is 1370. The second-order valence-electron chi connectivity index (χ2n) is 7.61. The number of anilines is 2. The number of nitrogens with zero attached hydrogens (tertiary/aromatic N) is 4. The second-order valence-corrected chi connectivity index (χ2v) is 8.02. The van der Waals surface area contributed by atoms with Crippen LogP contribution in [0.15, 0.2) is 72.7 Å². The van der Waals surface area contributed by atoms with Crippen LogP contribution >= 0.6 is 11.6 Å². The van der Waals surface area contributed by atoms with E-state index in [-0.39, 0.29) is 17.3 Å². The predicted molar refractivity (Wildman–Crippen MR) is 128 cm³/mol. The number of hydrogen-bond acceptors (Lipinski definition) is 6. The number of para-hydroxylation sites is 1. The highest BCUT2D eigenvalue weighted by atomic mass is 35.5. The molecule has 1 unspecified atom stereocenters. The molecule has 5 rings (SSSR count). The van der Waals surface area contributed by atoms with Gasteiger partial charge in [-0.3, -0.25) is 4.79 Å². The van der Waals surface area contributed by atoms with Gasteiger partial charge >= 0.3 is 0 Å². The first-order valence-corrected chi connectivity index (χ1v) is 10.8. The van der Waals surface area contributed by atoms with Gasteiger partial charge in [0.15, 0.2) is 17.7 Å². The van der Waals surface area contributed by atoms with Crippen LogP contribution in [0.1, 0.15) is 34.1 Å². The molecule has 2 aromatic heterocycles. The first kappa shape index (κ1) is 21.0. The fourth-order valence-corrected chi connectivity index (χ4v) is 4.37. The number of carbonyl (C=O) groups is 1. The van der Waals surface area contributed by atoms with E-state index in [1.165, 1.54) is 4.52 Å². The molecule has 0 saturated carbocycles. The molecule has 1 aliphatic rings. The van der Waals surface area contributed by atoms with Gasteiger partial charge < -0.3 is 21.1 Å². The summed E-state index contributed by atoms with van der Waals surface area (Å²) in [6, 6.07) is 16.8. The number of carbonyl (C=O) groups excluding carboxylic acids is 1. The molecule has 0 spiro atoms. The molecule has 0 aliphatic carbocycles. The molecule has 1 aliphatic heterocycles. The molecular formula is C24H21ClN6O2. The van der Waals surface area contributed by atoms with Crippen molar-refractivity contribution in [3.8, 4) is 0 Å². The van der Waals surface area contributed by atoms with Gasteiger partial charge in [0.2, 0.25) is 0 Å². The van der Waals surface area contributed by atoms with Gasteiger partial charge in [-0.05, 0) is 35.9 Å². The highest BCUT2D eigenvalue weighted by Gasteiger charge is 2.30. The number of hydrogen-bond donors (Lipinski definition) is 3. The number of rotatable bonds is 5. The van der Waals surface area contributed by atoms with Crippen molar-refractivity contribution in [2.75, 3.05) is 17.2 Å². The Hall–Kier alpha value is -3.88. The molecule has 0 fully saturated rings. The highest BCUT2D eigenvalue weighted by molar-refractivity contribution is 6.31. The maximum absolute atomic E-state index is 12.9. The van der Waals surface area contributed by atoms with Crippen molar-refractivity contribution in [2.45, 2.75) is 12.6 Å². The van der Waals surface area contributed by atoms with Crippen LogP contribution < -0.4 is 16.0 Å². The monoisotopic (exact) mass is 460 g/mol. The molecule has 1 atom stereocenters. The third-order valence-electron chi connectivity index (χ3n) is 5.57. The number of nitrogen functional groups attached to an aromatic ring is 1. The van der Waals surface area contributed by atoms with Gasteiger partial charge in [-0.1, -0.05) is 41.9 Å². The minimum Gasteiger partial charge on any atom is -0.381 e. The summed E-state index contributed by atoms with van der Waals surface area (Å²) in [5.41, 5.74) is 9.76. The van der Waals surface area contributed by atoms with Gasteiger partial charge in [0.1, 0.15) is 5.56 Å². The van der Waals surface area contributed by atoms with E-state index in [0.29, 0.717) is 29.2 Å². The van der Waals surface area contributed by atoms with Crippen molar-refractivity contribution in [1.29, 1.82) is 0 Å². The molecular weight excluding hydrogens is 440 g/mol. The molecule has 4 N–H and O–H groups in total. The molecule has 33 heavy (non-hydrogen) atoms.